The average Bonchev–Trinajstić information content (AvgIpc) is 2.22. The molecule has 0 saturated carbocycles. The van der Waals surface area contributed by atoms with E-state index in [-0.39, 0.29) is 5.04 Å². The standard InChI is InChI=1S/C14H26N2OSi/c1-14(2,3)18(4,5)17-10-9-11-7-6-8-12(15)13(11)16/h6-8H,9-10,15-16H2,1-5H3. The second kappa shape index (κ2) is 5.32. The van der Waals surface area contributed by atoms with Crippen LogP contribution in [0.3, 0.4) is 0 Å². The molecule has 0 aliphatic heterocycles. The Hall–Kier alpha value is -1.00. The quantitative estimate of drug-likeness (QED) is 0.648. The van der Waals surface area contributed by atoms with Gasteiger partial charge in [-0.1, -0.05) is 32.9 Å². The fourth-order valence-electron chi connectivity index (χ4n) is 1.48. The Morgan fingerprint density at radius 1 is 1.17 bits per heavy atom. The maximum Gasteiger partial charge on any atom is 0.191 e. The molecule has 0 bridgehead atoms. The van der Waals surface area contributed by atoms with E-state index in [4.69, 9.17) is 15.9 Å². The summed E-state index contributed by atoms with van der Waals surface area (Å²) in [7, 11) is -1.66. The van der Waals surface area contributed by atoms with Gasteiger partial charge in [-0.2, -0.15) is 0 Å². The molecular weight excluding hydrogens is 240 g/mol. The first-order chi connectivity index (χ1) is 8.15. The summed E-state index contributed by atoms with van der Waals surface area (Å²) in [5.41, 5.74) is 14.2. The molecule has 0 aromatic heterocycles. The second-order valence-electron chi connectivity index (χ2n) is 6.28. The van der Waals surface area contributed by atoms with Gasteiger partial charge in [-0.05, 0) is 36.2 Å². The second-order valence-corrected chi connectivity index (χ2v) is 11.1. The van der Waals surface area contributed by atoms with Gasteiger partial charge in [0.25, 0.3) is 0 Å². The molecule has 0 atom stereocenters. The van der Waals surface area contributed by atoms with Crippen molar-refractivity contribution in [1.82, 2.24) is 0 Å². The Morgan fingerprint density at radius 2 is 1.78 bits per heavy atom. The lowest BCUT2D eigenvalue weighted by Gasteiger charge is -2.36. The summed E-state index contributed by atoms with van der Waals surface area (Å²) >= 11 is 0. The average molecular weight is 266 g/mol. The Labute approximate surface area is 112 Å². The number of hydrogen-bond acceptors (Lipinski definition) is 3. The molecule has 0 radical (unpaired) electrons. The van der Waals surface area contributed by atoms with Crippen LogP contribution < -0.4 is 11.5 Å². The zero-order valence-electron chi connectivity index (χ0n) is 12.2. The van der Waals surface area contributed by atoms with Crippen LogP contribution in [0.4, 0.5) is 11.4 Å². The van der Waals surface area contributed by atoms with Crippen LogP contribution in [0.25, 0.3) is 0 Å². The monoisotopic (exact) mass is 266 g/mol. The predicted octanol–water partition coefficient (Wildman–Crippen LogP) is 3.42. The van der Waals surface area contributed by atoms with Gasteiger partial charge in [-0.15, -0.1) is 0 Å². The largest absolute Gasteiger partial charge is 0.416 e. The van der Waals surface area contributed by atoms with Crippen molar-refractivity contribution >= 4 is 19.7 Å². The maximum absolute atomic E-state index is 6.14. The Balaban J connectivity index is 2.60. The lowest BCUT2D eigenvalue weighted by atomic mass is 10.1. The van der Waals surface area contributed by atoms with Gasteiger partial charge >= 0.3 is 0 Å². The summed E-state index contributed by atoms with van der Waals surface area (Å²) in [6.07, 6.45) is 0.823. The molecule has 1 aromatic carbocycles. The molecule has 4 heteroatoms. The van der Waals surface area contributed by atoms with Crippen molar-refractivity contribution in [1.29, 1.82) is 0 Å². The molecule has 0 aliphatic rings. The summed E-state index contributed by atoms with van der Waals surface area (Å²) < 4.78 is 6.14. The third kappa shape index (κ3) is 3.49. The molecule has 0 heterocycles. The minimum atomic E-state index is -1.66. The summed E-state index contributed by atoms with van der Waals surface area (Å²) in [5.74, 6) is 0. The van der Waals surface area contributed by atoms with Crippen molar-refractivity contribution in [2.75, 3.05) is 18.1 Å². The van der Waals surface area contributed by atoms with Gasteiger partial charge in [0, 0.05) is 6.61 Å². The highest BCUT2D eigenvalue weighted by Gasteiger charge is 2.36. The molecule has 3 nitrogen and oxygen atoms in total. The molecule has 0 spiro atoms. The van der Waals surface area contributed by atoms with Crippen LogP contribution in [-0.2, 0) is 10.8 Å². The fraction of sp³-hybridized carbons (Fsp3) is 0.571. The maximum atomic E-state index is 6.14. The van der Waals surface area contributed by atoms with Crippen LogP contribution in [0.5, 0.6) is 0 Å². The normalized spacial score (nSPS) is 12.7. The van der Waals surface area contributed by atoms with Crippen molar-refractivity contribution in [3.05, 3.63) is 23.8 Å². The molecule has 18 heavy (non-hydrogen) atoms. The van der Waals surface area contributed by atoms with Crippen LogP contribution in [0.2, 0.25) is 18.1 Å². The highest BCUT2D eigenvalue weighted by molar-refractivity contribution is 6.74. The van der Waals surface area contributed by atoms with E-state index in [0.717, 1.165) is 12.0 Å². The molecule has 1 rings (SSSR count). The molecule has 1 aromatic rings. The smallest absolute Gasteiger partial charge is 0.191 e. The van der Waals surface area contributed by atoms with Gasteiger partial charge in [0.2, 0.25) is 0 Å². The van der Waals surface area contributed by atoms with Crippen LogP contribution in [0.1, 0.15) is 26.3 Å². The van der Waals surface area contributed by atoms with Gasteiger partial charge in [0.15, 0.2) is 8.32 Å². The van der Waals surface area contributed by atoms with Crippen molar-refractivity contribution in [2.24, 2.45) is 0 Å². The van der Waals surface area contributed by atoms with Gasteiger partial charge < -0.3 is 15.9 Å². The van der Waals surface area contributed by atoms with Crippen LogP contribution in [0.15, 0.2) is 18.2 Å². The molecule has 0 saturated heterocycles. The van der Waals surface area contributed by atoms with Crippen LogP contribution >= 0.6 is 0 Å². The van der Waals surface area contributed by atoms with E-state index in [0.29, 0.717) is 18.0 Å². The van der Waals surface area contributed by atoms with Gasteiger partial charge in [-0.25, -0.2) is 0 Å². The van der Waals surface area contributed by atoms with Gasteiger partial charge in [0.1, 0.15) is 0 Å². The lowest BCUT2D eigenvalue weighted by molar-refractivity contribution is 0.292. The molecule has 4 N–H and O–H groups in total. The third-order valence-corrected chi connectivity index (χ3v) is 8.41. The zero-order valence-corrected chi connectivity index (χ0v) is 13.2. The summed E-state index contributed by atoms with van der Waals surface area (Å²) in [6, 6.07) is 5.78. The molecule has 102 valence electrons. The summed E-state index contributed by atoms with van der Waals surface area (Å²) in [6.45, 7) is 12.0. The van der Waals surface area contributed by atoms with Crippen molar-refractivity contribution < 1.29 is 4.43 Å². The first-order valence-corrected chi connectivity index (χ1v) is 9.33. The van der Waals surface area contributed by atoms with E-state index in [2.05, 4.69) is 33.9 Å². The highest BCUT2D eigenvalue weighted by Crippen LogP contribution is 2.36. The minimum absolute atomic E-state index is 0.244. The number of nitrogen functional groups attached to an aromatic ring is 2. The van der Waals surface area contributed by atoms with Crippen molar-refractivity contribution in [3.63, 3.8) is 0 Å². The third-order valence-electron chi connectivity index (χ3n) is 3.87. The summed E-state index contributed by atoms with van der Waals surface area (Å²) in [5, 5.41) is 0.244. The number of anilines is 2. The lowest BCUT2D eigenvalue weighted by Crippen LogP contribution is -2.41. The topological polar surface area (TPSA) is 61.3 Å². The summed E-state index contributed by atoms with van der Waals surface area (Å²) in [4.78, 5) is 0. The fourth-order valence-corrected chi connectivity index (χ4v) is 2.53. The highest BCUT2D eigenvalue weighted by atomic mass is 28.4. The van der Waals surface area contributed by atoms with E-state index < -0.39 is 8.32 Å². The number of rotatable bonds is 4. The number of hydrogen-bond donors (Lipinski definition) is 2. The zero-order chi connectivity index (χ0) is 14.0. The van der Waals surface area contributed by atoms with Crippen molar-refractivity contribution in [2.45, 2.75) is 45.3 Å². The molecule has 0 aliphatic carbocycles. The SMILES string of the molecule is CC(C)(C)[Si](C)(C)OCCc1cccc(N)c1N. The first-order valence-electron chi connectivity index (χ1n) is 6.42. The molecule has 0 fully saturated rings. The van der Waals surface area contributed by atoms with E-state index >= 15 is 0 Å². The van der Waals surface area contributed by atoms with Crippen LogP contribution in [0, 0.1) is 0 Å². The van der Waals surface area contributed by atoms with Gasteiger partial charge in [-0.3, -0.25) is 0 Å². The number of para-hydroxylation sites is 1. The molecule has 0 amide bonds. The Bertz CT molecular complexity index is 411. The van der Waals surface area contributed by atoms with E-state index in [9.17, 15) is 0 Å². The van der Waals surface area contributed by atoms with E-state index in [1.54, 1.807) is 0 Å². The van der Waals surface area contributed by atoms with E-state index in [1.807, 2.05) is 18.2 Å². The van der Waals surface area contributed by atoms with Crippen molar-refractivity contribution in [3.8, 4) is 0 Å². The Kier molecular flexibility index (Phi) is 4.45. The number of benzene rings is 1. The Morgan fingerprint density at radius 3 is 2.33 bits per heavy atom. The predicted molar refractivity (Wildman–Crippen MR) is 82.1 cm³/mol. The molecular formula is C14H26N2OSi. The molecule has 0 unspecified atom stereocenters. The van der Waals surface area contributed by atoms with Gasteiger partial charge in [0.05, 0.1) is 11.4 Å². The minimum Gasteiger partial charge on any atom is -0.416 e. The first kappa shape index (κ1) is 15.1. The van der Waals surface area contributed by atoms with Crippen LogP contribution in [-0.4, -0.2) is 14.9 Å². The number of nitrogens with two attached hydrogens (primary N) is 2. The van der Waals surface area contributed by atoms with E-state index in [1.165, 1.54) is 0 Å².